The summed E-state index contributed by atoms with van der Waals surface area (Å²) in [6.45, 7) is 0. The second kappa shape index (κ2) is 15.8. The molecule has 4 N–H and O–H groups in total. The van der Waals surface area contributed by atoms with Crippen LogP contribution in [-0.4, -0.2) is 63.1 Å². The van der Waals surface area contributed by atoms with Crippen LogP contribution in [0.2, 0.25) is 0 Å². The van der Waals surface area contributed by atoms with Crippen molar-refractivity contribution in [2.45, 2.75) is 10.5 Å². The van der Waals surface area contributed by atoms with Crippen molar-refractivity contribution < 1.29 is 48.8 Å². The van der Waals surface area contributed by atoms with Crippen LogP contribution in [0.25, 0.3) is 12.2 Å². The second-order valence-corrected chi connectivity index (χ2v) is 11.4. The fourth-order valence-electron chi connectivity index (χ4n) is 4.89. The monoisotopic (exact) mass is 662 g/mol. The van der Waals surface area contributed by atoms with Crippen LogP contribution in [0, 0.1) is 0 Å². The van der Waals surface area contributed by atoms with Gasteiger partial charge in [-0.05, 0) is 35.4 Å². The number of ether oxygens (including phenoxy) is 6. The van der Waals surface area contributed by atoms with E-state index in [0.717, 1.165) is 0 Å². The summed E-state index contributed by atoms with van der Waals surface area (Å²) in [6, 6.07) is 16.2. The lowest BCUT2D eigenvalue weighted by Crippen LogP contribution is -2.05. The Hall–Kier alpha value is -5.29. The zero-order valence-corrected chi connectivity index (χ0v) is 27.7. The van der Waals surface area contributed by atoms with Gasteiger partial charge in [-0.1, -0.05) is 36.4 Å². The Morgan fingerprint density at radius 1 is 0.468 bits per heavy atom. The molecule has 0 spiro atoms. The quantitative estimate of drug-likeness (QED) is 0.0999. The largest absolute Gasteiger partial charge is 0.504 e. The van der Waals surface area contributed by atoms with E-state index in [0.29, 0.717) is 56.8 Å². The smallest absolute Gasteiger partial charge is 0.157 e. The van der Waals surface area contributed by atoms with Crippen molar-refractivity contribution in [1.29, 1.82) is 0 Å². The van der Waals surface area contributed by atoms with Gasteiger partial charge in [0.05, 0.1) is 64.3 Å². The minimum atomic E-state index is -0.471. The first-order chi connectivity index (χ1) is 22.6. The van der Waals surface area contributed by atoms with Gasteiger partial charge in [-0.15, -0.1) is 11.8 Å². The minimum absolute atomic E-state index is 0.226. The Kier molecular flexibility index (Phi) is 11.6. The molecule has 248 valence electrons. The molecule has 0 radical (unpaired) electrons. The number of hydrogen-bond donors (Lipinski definition) is 4. The zero-order valence-electron chi connectivity index (χ0n) is 26.9. The first-order valence-corrected chi connectivity index (χ1v) is 15.3. The molecule has 4 rings (SSSR count). The molecule has 4 aromatic rings. The maximum Gasteiger partial charge on any atom is 0.157 e. The van der Waals surface area contributed by atoms with E-state index >= 15 is 0 Å². The van der Waals surface area contributed by atoms with Crippen molar-refractivity contribution in [3.63, 3.8) is 0 Å². The zero-order chi connectivity index (χ0) is 34.1. The van der Waals surface area contributed by atoms with E-state index in [9.17, 15) is 20.4 Å². The molecular formula is C36H38O10S. The maximum absolute atomic E-state index is 10.1. The first-order valence-electron chi connectivity index (χ1n) is 14.3. The van der Waals surface area contributed by atoms with Crippen LogP contribution in [0.15, 0.2) is 72.8 Å². The molecule has 11 heteroatoms. The van der Waals surface area contributed by atoms with Crippen molar-refractivity contribution >= 4 is 23.9 Å². The molecule has 0 aliphatic heterocycles. The van der Waals surface area contributed by atoms with Gasteiger partial charge in [0.25, 0.3) is 0 Å². The topological polar surface area (TPSA) is 136 Å². The molecule has 0 saturated carbocycles. The number of rotatable bonds is 14. The summed E-state index contributed by atoms with van der Waals surface area (Å²) < 4.78 is 34.4. The first kappa shape index (κ1) is 34.6. The van der Waals surface area contributed by atoms with E-state index in [-0.39, 0.29) is 23.0 Å². The summed E-state index contributed by atoms with van der Waals surface area (Å²) in [5.74, 6) is 2.18. The third-order valence-electron chi connectivity index (χ3n) is 7.29. The number of phenolic OH excluding ortho intramolecular Hbond substituents is 4. The molecule has 0 fully saturated rings. The Bertz CT molecular complexity index is 1570. The van der Waals surface area contributed by atoms with Crippen LogP contribution in [0.3, 0.4) is 0 Å². The van der Waals surface area contributed by atoms with Gasteiger partial charge in [-0.25, -0.2) is 0 Å². The van der Waals surface area contributed by atoms with E-state index in [2.05, 4.69) is 0 Å². The van der Waals surface area contributed by atoms with Gasteiger partial charge < -0.3 is 48.8 Å². The lowest BCUT2D eigenvalue weighted by molar-refractivity contribution is 0.369. The van der Waals surface area contributed by atoms with Gasteiger partial charge in [0, 0.05) is 24.3 Å². The molecule has 4 aromatic carbocycles. The van der Waals surface area contributed by atoms with Crippen LogP contribution >= 0.6 is 11.8 Å². The van der Waals surface area contributed by atoms with Crippen LogP contribution in [0.5, 0.6) is 57.5 Å². The van der Waals surface area contributed by atoms with E-state index in [4.69, 9.17) is 28.4 Å². The fraction of sp³-hybridized carbons (Fsp3) is 0.222. The maximum atomic E-state index is 10.1. The van der Waals surface area contributed by atoms with Crippen LogP contribution < -0.4 is 28.4 Å². The minimum Gasteiger partial charge on any atom is -0.504 e. The van der Waals surface area contributed by atoms with Crippen molar-refractivity contribution in [2.24, 2.45) is 0 Å². The Morgan fingerprint density at radius 3 is 1.09 bits per heavy atom. The molecule has 0 aromatic heterocycles. The van der Waals surface area contributed by atoms with Crippen LogP contribution in [-0.2, 0) is 0 Å². The summed E-state index contributed by atoms with van der Waals surface area (Å²) in [6.07, 6.45) is 7.50. The summed E-state index contributed by atoms with van der Waals surface area (Å²) >= 11 is 1.50. The third-order valence-corrected chi connectivity index (χ3v) is 8.67. The second-order valence-electron chi connectivity index (χ2n) is 10.1. The molecule has 2 atom stereocenters. The van der Waals surface area contributed by atoms with Crippen molar-refractivity contribution in [3.8, 4) is 57.5 Å². The molecule has 0 heterocycles. The third kappa shape index (κ3) is 8.11. The van der Waals surface area contributed by atoms with Crippen LogP contribution in [0.1, 0.15) is 32.8 Å². The van der Waals surface area contributed by atoms with Gasteiger partial charge in [0.15, 0.2) is 23.0 Å². The fourth-order valence-corrected chi connectivity index (χ4v) is 6.28. The Morgan fingerprint density at radius 2 is 0.809 bits per heavy atom. The Labute approximate surface area is 278 Å². The van der Waals surface area contributed by atoms with Gasteiger partial charge in [0.1, 0.15) is 34.5 Å². The highest BCUT2D eigenvalue weighted by Crippen LogP contribution is 2.53. The molecule has 2 unspecified atom stereocenters. The summed E-state index contributed by atoms with van der Waals surface area (Å²) in [5.41, 5.74) is 2.69. The van der Waals surface area contributed by atoms with Crippen LogP contribution in [0.4, 0.5) is 0 Å². The van der Waals surface area contributed by atoms with E-state index in [1.54, 1.807) is 79.1 Å². The van der Waals surface area contributed by atoms with Gasteiger partial charge >= 0.3 is 0 Å². The lowest BCUT2D eigenvalue weighted by Gasteiger charge is -2.26. The molecule has 0 amide bonds. The average Bonchev–Trinajstić information content (AvgIpc) is 3.09. The standard InChI is InChI=1S/C36H38O10S/c1-41-23-17-29(43-3)35(30(18-23)44-4)33(13-9-21-7-11-25(37)27(39)15-21)47-34(14-10-22-8-12-26(38)28(40)16-22)36-31(45-5)19-24(42-2)20-32(36)46-6/h7-20,33-34,37-40H,1-6H3. The van der Waals surface area contributed by atoms with Crippen molar-refractivity contribution in [2.75, 3.05) is 42.7 Å². The van der Waals surface area contributed by atoms with Crippen molar-refractivity contribution in [3.05, 3.63) is 95.1 Å². The molecule has 0 aliphatic carbocycles. The van der Waals surface area contributed by atoms with Gasteiger partial charge in [0.2, 0.25) is 0 Å². The summed E-state index contributed by atoms with van der Waals surface area (Å²) in [7, 11) is 9.36. The summed E-state index contributed by atoms with van der Waals surface area (Å²) in [4.78, 5) is 0. The highest BCUT2D eigenvalue weighted by Gasteiger charge is 2.28. The predicted molar refractivity (Wildman–Crippen MR) is 183 cm³/mol. The van der Waals surface area contributed by atoms with E-state index in [1.807, 2.05) is 24.3 Å². The molecule has 47 heavy (non-hydrogen) atoms. The SMILES string of the molecule is COc1cc(OC)c(C(C=Cc2ccc(O)c(O)c2)SC(C=Cc2ccc(O)c(O)c2)c2c(OC)cc(OC)cc2OC)c(OC)c1. The Balaban J connectivity index is 1.96. The van der Waals surface area contributed by atoms with Gasteiger partial charge in [-0.2, -0.15) is 0 Å². The van der Waals surface area contributed by atoms with E-state index < -0.39 is 10.5 Å². The number of methoxy groups -OCH3 is 6. The molecule has 10 nitrogen and oxygen atoms in total. The highest BCUT2D eigenvalue weighted by atomic mass is 32.2. The molecule has 0 saturated heterocycles. The number of benzene rings is 4. The number of aromatic hydroxyl groups is 4. The number of thioether (sulfide) groups is 1. The molecule has 0 aliphatic rings. The molecular weight excluding hydrogens is 624 g/mol. The van der Waals surface area contributed by atoms with Crippen molar-refractivity contribution in [1.82, 2.24) is 0 Å². The number of hydrogen-bond acceptors (Lipinski definition) is 11. The molecule has 0 bridgehead atoms. The highest BCUT2D eigenvalue weighted by molar-refractivity contribution is 8.00. The van der Waals surface area contributed by atoms with E-state index in [1.165, 1.54) is 36.0 Å². The average molecular weight is 663 g/mol. The summed E-state index contributed by atoms with van der Waals surface area (Å²) in [5, 5.41) is 39.1. The van der Waals surface area contributed by atoms with Gasteiger partial charge in [-0.3, -0.25) is 0 Å². The normalized spacial score (nSPS) is 12.6. The lowest BCUT2D eigenvalue weighted by atomic mass is 10.1. The predicted octanol–water partition coefficient (Wildman–Crippen LogP) is 7.50. The number of phenols is 4.